The van der Waals surface area contributed by atoms with Gasteiger partial charge in [0, 0.05) is 2.85 Å². The third kappa shape index (κ3) is 5.97. The topological polar surface area (TPSA) is 0 Å². The molecule has 3 aliphatic rings. The second-order valence-electron chi connectivity index (χ2n) is 9.41. The molecule has 0 amide bonds. The fourth-order valence-electron chi connectivity index (χ4n) is 5.67. The molecule has 0 atom stereocenters. The van der Waals surface area contributed by atoms with Crippen LogP contribution >= 0.6 is 0 Å². The molecule has 2 fully saturated rings. The van der Waals surface area contributed by atoms with Crippen molar-refractivity contribution in [2.75, 3.05) is 0 Å². The number of hydrogen-bond donors (Lipinski definition) is 0. The van der Waals surface area contributed by atoms with Crippen molar-refractivity contribution in [1.29, 1.82) is 0 Å². The van der Waals surface area contributed by atoms with Gasteiger partial charge in [0.05, 0.1) is 0 Å². The standard InChI is InChI=1S/C10H18.C10H12.C10H8.2H2/c3*1-2-6-10-8-4-3-7-9(10)5-1;;/h9-10H,1-8H2;1-2,5-6H,3-4,7-8H2;1-8H;2*1H. The maximum atomic E-state index is 2.26. The van der Waals surface area contributed by atoms with Crippen LogP contribution in [0.3, 0.4) is 0 Å². The number of rotatable bonds is 0. The summed E-state index contributed by atoms with van der Waals surface area (Å²) in [6.07, 6.45) is 17.7. The molecule has 3 aromatic rings. The lowest BCUT2D eigenvalue weighted by molar-refractivity contribution is 0.171. The molecule has 0 aromatic heterocycles. The summed E-state index contributed by atoms with van der Waals surface area (Å²) in [6, 6.07) is 25.5. The van der Waals surface area contributed by atoms with E-state index >= 15 is 0 Å². The molecule has 0 spiro atoms. The third-order valence-corrected chi connectivity index (χ3v) is 7.39. The van der Waals surface area contributed by atoms with Gasteiger partial charge in [-0.2, -0.15) is 0 Å². The summed E-state index contributed by atoms with van der Waals surface area (Å²) >= 11 is 0. The van der Waals surface area contributed by atoms with E-state index in [9.17, 15) is 0 Å². The number of aryl methyl sites for hydroxylation is 2. The van der Waals surface area contributed by atoms with Crippen LogP contribution in [0.25, 0.3) is 10.8 Å². The van der Waals surface area contributed by atoms with Crippen LogP contribution in [0.15, 0.2) is 72.8 Å². The summed E-state index contributed by atoms with van der Waals surface area (Å²) in [5.74, 6) is 2.31. The van der Waals surface area contributed by atoms with Gasteiger partial charge in [0.1, 0.15) is 0 Å². The van der Waals surface area contributed by atoms with Crippen molar-refractivity contribution in [3.63, 3.8) is 0 Å². The highest BCUT2D eigenvalue weighted by atomic mass is 14.3. The van der Waals surface area contributed by atoms with Crippen LogP contribution in [0.2, 0.25) is 0 Å². The molecule has 162 valence electrons. The Morgan fingerprint density at radius 1 is 0.433 bits per heavy atom. The number of hydrogen-bond acceptors (Lipinski definition) is 0. The van der Waals surface area contributed by atoms with E-state index in [2.05, 4.69) is 72.8 Å². The minimum absolute atomic E-state index is 0. The molecule has 0 nitrogen and oxygen atoms in total. The van der Waals surface area contributed by atoms with Gasteiger partial charge in [-0.15, -0.1) is 0 Å². The summed E-state index contributed by atoms with van der Waals surface area (Å²) in [5.41, 5.74) is 3.16. The summed E-state index contributed by atoms with van der Waals surface area (Å²) in [4.78, 5) is 0. The molecule has 3 aromatic carbocycles. The summed E-state index contributed by atoms with van der Waals surface area (Å²) in [5, 5.41) is 2.62. The molecular formula is C30H42. The lowest BCUT2D eigenvalue weighted by Crippen LogP contribution is -2.22. The highest BCUT2D eigenvalue weighted by molar-refractivity contribution is 5.82. The minimum atomic E-state index is 0. The Labute approximate surface area is 186 Å². The molecule has 0 aliphatic heterocycles. The number of benzene rings is 3. The SMILES string of the molecule is C1CCC2CCCCC2C1.[HH].[HH].c1ccc2c(c1)CCCC2.c1ccc2ccccc2c1. The average Bonchev–Trinajstić information content (AvgIpc) is 2.85. The van der Waals surface area contributed by atoms with Crippen molar-refractivity contribution < 1.29 is 2.85 Å². The first-order chi connectivity index (χ1) is 14.9. The van der Waals surface area contributed by atoms with Crippen LogP contribution in [-0.2, 0) is 12.8 Å². The van der Waals surface area contributed by atoms with E-state index in [1.165, 1.54) is 62.1 Å². The molecular weight excluding hydrogens is 360 g/mol. The van der Waals surface area contributed by atoms with Crippen molar-refractivity contribution in [3.8, 4) is 0 Å². The van der Waals surface area contributed by atoms with Crippen molar-refractivity contribution in [2.24, 2.45) is 11.8 Å². The Kier molecular flexibility index (Phi) is 8.01. The lowest BCUT2D eigenvalue weighted by Gasteiger charge is -2.35. The van der Waals surface area contributed by atoms with Gasteiger partial charge in [-0.3, -0.25) is 0 Å². The predicted molar refractivity (Wildman–Crippen MR) is 135 cm³/mol. The van der Waals surface area contributed by atoms with Gasteiger partial charge in [-0.05, 0) is 59.4 Å². The van der Waals surface area contributed by atoms with Crippen molar-refractivity contribution in [2.45, 2.75) is 77.0 Å². The van der Waals surface area contributed by atoms with Crippen LogP contribution < -0.4 is 0 Å². The van der Waals surface area contributed by atoms with E-state index in [1.807, 2.05) is 0 Å². The van der Waals surface area contributed by atoms with Gasteiger partial charge in [0.15, 0.2) is 0 Å². The Balaban J connectivity index is 0.000000165. The fourth-order valence-corrected chi connectivity index (χ4v) is 5.67. The van der Waals surface area contributed by atoms with E-state index in [0.29, 0.717) is 0 Å². The van der Waals surface area contributed by atoms with E-state index in [4.69, 9.17) is 0 Å². The van der Waals surface area contributed by atoms with E-state index in [0.717, 1.165) is 11.8 Å². The Morgan fingerprint density at radius 3 is 1.13 bits per heavy atom. The van der Waals surface area contributed by atoms with Gasteiger partial charge in [-0.25, -0.2) is 0 Å². The van der Waals surface area contributed by atoms with Crippen LogP contribution in [0.1, 0.15) is 78.2 Å². The second-order valence-corrected chi connectivity index (χ2v) is 9.41. The molecule has 0 saturated heterocycles. The monoisotopic (exact) mass is 402 g/mol. The Morgan fingerprint density at radius 2 is 0.767 bits per heavy atom. The molecule has 3 aliphatic carbocycles. The van der Waals surface area contributed by atoms with Gasteiger partial charge >= 0.3 is 0 Å². The van der Waals surface area contributed by atoms with E-state index < -0.39 is 0 Å². The van der Waals surface area contributed by atoms with Crippen LogP contribution in [0.5, 0.6) is 0 Å². The van der Waals surface area contributed by atoms with Crippen molar-refractivity contribution >= 4 is 10.8 Å². The Hall–Kier alpha value is -2.08. The lowest BCUT2D eigenvalue weighted by atomic mass is 9.71. The van der Waals surface area contributed by atoms with Gasteiger partial charge < -0.3 is 0 Å². The minimum Gasteiger partial charge on any atom is -0.0620 e. The van der Waals surface area contributed by atoms with Crippen LogP contribution in [0, 0.1) is 11.8 Å². The average molecular weight is 403 g/mol. The van der Waals surface area contributed by atoms with E-state index in [1.54, 1.807) is 36.8 Å². The van der Waals surface area contributed by atoms with Gasteiger partial charge in [0.2, 0.25) is 0 Å². The maximum absolute atomic E-state index is 2.26. The normalized spacial score (nSPS) is 22.4. The summed E-state index contributed by atoms with van der Waals surface area (Å²) in [7, 11) is 0. The molecule has 2 saturated carbocycles. The summed E-state index contributed by atoms with van der Waals surface area (Å²) in [6.45, 7) is 0. The molecule has 0 bridgehead atoms. The molecule has 30 heavy (non-hydrogen) atoms. The molecule has 0 N–H and O–H groups in total. The van der Waals surface area contributed by atoms with Crippen molar-refractivity contribution in [1.82, 2.24) is 0 Å². The first-order valence-electron chi connectivity index (χ1n) is 12.4. The van der Waals surface area contributed by atoms with E-state index in [-0.39, 0.29) is 2.85 Å². The third-order valence-electron chi connectivity index (χ3n) is 7.39. The molecule has 0 radical (unpaired) electrons. The fraction of sp³-hybridized carbons (Fsp3) is 0.467. The molecule has 0 unspecified atom stereocenters. The van der Waals surface area contributed by atoms with Gasteiger partial charge in [-0.1, -0.05) is 124 Å². The smallest absolute Gasteiger partial charge is 0 e. The zero-order chi connectivity index (χ0) is 20.4. The quantitative estimate of drug-likeness (QED) is 0.351. The molecule has 6 rings (SSSR count). The van der Waals surface area contributed by atoms with Crippen LogP contribution in [0.4, 0.5) is 0 Å². The first kappa shape index (κ1) is 21.2. The highest BCUT2D eigenvalue weighted by Crippen LogP contribution is 2.40. The van der Waals surface area contributed by atoms with Crippen molar-refractivity contribution in [3.05, 3.63) is 83.9 Å². The maximum Gasteiger partial charge on any atom is 0 e. The first-order valence-corrected chi connectivity index (χ1v) is 12.4. The second kappa shape index (κ2) is 11.3. The molecule has 0 heteroatoms. The number of fused-ring (bicyclic) bond motifs is 3. The Bertz CT molecular complexity index is 787. The molecule has 0 heterocycles. The predicted octanol–water partition coefficient (Wildman–Crippen LogP) is 9.26. The zero-order valence-electron chi connectivity index (χ0n) is 18.6. The summed E-state index contributed by atoms with van der Waals surface area (Å²) < 4.78 is 0. The zero-order valence-corrected chi connectivity index (χ0v) is 18.6. The largest absolute Gasteiger partial charge is 0.0620 e. The van der Waals surface area contributed by atoms with Crippen LogP contribution in [-0.4, -0.2) is 0 Å². The highest BCUT2D eigenvalue weighted by Gasteiger charge is 2.26. The van der Waals surface area contributed by atoms with Gasteiger partial charge in [0.25, 0.3) is 0 Å².